The lowest BCUT2D eigenvalue weighted by molar-refractivity contribution is 0.0784. The minimum Gasteiger partial charge on any atom is -0.387 e. The van der Waals surface area contributed by atoms with Gasteiger partial charge in [0.05, 0.1) is 23.9 Å². The highest BCUT2D eigenvalue weighted by Crippen LogP contribution is 2.27. The van der Waals surface area contributed by atoms with E-state index < -0.39 is 6.10 Å². The van der Waals surface area contributed by atoms with Crippen molar-refractivity contribution in [2.75, 3.05) is 7.05 Å². The van der Waals surface area contributed by atoms with E-state index in [1.165, 1.54) is 5.56 Å². The first-order valence-electron chi connectivity index (χ1n) is 11.8. The third-order valence-corrected chi connectivity index (χ3v) is 6.76. The van der Waals surface area contributed by atoms with Crippen LogP contribution in [0.3, 0.4) is 0 Å². The molecule has 3 atom stereocenters. The van der Waals surface area contributed by atoms with E-state index in [2.05, 4.69) is 15.5 Å². The zero-order valence-corrected chi connectivity index (χ0v) is 19.3. The van der Waals surface area contributed by atoms with Crippen molar-refractivity contribution in [1.29, 1.82) is 0 Å². The molecule has 0 bridgehead atoms. The van der Waals surface area contributed by atoms with Gasteiger partial charge in [-0.1, -0.05) is 60.7 Å². The van der Waals surface area contributed by atoms with Gasteiger partial charge in [-0.05, 0) is 48.6 Å². The minimum atomic E-state index is -0.492. The number of H-pyrrole nitrogens is 1. The van der Waals surface area contributed by atoms with Crippen LogP contribution in [0.1, 0.15) is 46.1 Å². The van der Waals surface area contributed by atoms with E-state index in [1.54, 1.807) is 4.90 Å². The van der Waals surface area contributed by atoms with Crippen molar-refractivity contribution in [3.05, 3.63) is 101 Å². The van der Waals surface area contributed by atoms with Crippen LogP contribution in [0.5, 0.6) is 0 Å². The second kappa shape index (κ2) is 9.79. The number of aliphatic hydroxyl groups is 1. The molecule has 1 aliphatic heterocycles. The number of amides is 1. The van der Waals surface area contributed by atoms with Crippen molar-refractivity contribution >= 4 is 16.8 Å². The number of rotatable bonds is 7. The summed E-state index contributed by atoms with van der Waals surface area (Å²) in [6, 6.07) is 26.0. The van der Waals surface area contributed by atoms with E-state index in [0.717, 1.165) is 41.4 Å². The maximum absolute atomic E-state index is 13.0. The summed E-state index contributed by atoms with van der Waals surface area (Å²) in [5.74, 6) is -0.0183. The molecule has 5 rings (SSSR count). The van der Waals surface area contributed by atoms with E-state index in [1.807, 2.05) is 85.9 Å². The molecule has 3 aromatic carbocycles. The summed E-state index contributed by atoms with van der Waals surface area (Å²) in [5.41, 5.74) is 4.65. The number of nitrogens with zero attached hydrogens (tertiary/aromatic N) is 2. The van der Waals surface area contributed by atoms with E-state index in [0.29, 0.717) is 18.2 Å². The molecule has 6 heteroatoms. The lowest BCUT2D eigenvalue weighted by atomic mass is 10.0. The summed E-state index contributed by atoms with van der Waals surface area (Å²) in [4.78, 5) is 14.7. The zero-order valence-electron chi connectivity index (χ0n) is 19.3. The summed E-state index contributed by atoms with van der Waals surface area (Å²) >= 11 is 0. The molecule has 2 heterocycles. The maximum atomic E-state index is 13.0. The fraction of sp³-hybridized carbons (Fsp3) is 0.286. The number of hydrogen-bond acceptors (Lipinski definition) is 4. The van der Waals surface area contributed by atoms with Gasteiger partial charge in [0.25, 0.3) is 5.91 Å². The molecule has 0 spiro atoms. The third-order valence-electron chi connectivity index (χ3n) is 6.76. The van der Waals surface area contributed by atoms with Crippen LogP contribution in [0.2, 0.25) is 0 Å². The highest BCUT2D eigenvalue weighted by atomic mass is 16.3. The van der Waals surface area contributed by atoms with Crippen molar-refractivity contribution in [3.63, 3.8) is 0 Å². The number of hydrogen-bond donors (Lipinski definition) is 3. The number of nitrogens with one attached hydrogen (secondary N) is 2. The van der Waals surface area contributed by atoms with Crippen LogP contribution in [0.15, 0.2) is 78.9 Å². The number of carbonyl (C=O) groups excluding carboxylic acids is 1. The lowest BCUT2D eigenvalue weighted by Gasteiger charge is -2.20. The molecule has 1 aromatic heterocycles. The van der Waals surface area contributed by atoms with Crippen LogP contribution < -0.4 is 5.32 Å². The van der Waals surface area contributed by atoms with Crippen LogP contribution in [0.4, 0.5) is 0 Å². The molecule has 0 radical (unpaired) electrons. The molecule has 4 aromatic rings. The standard InChI is InChI=1S/C28H30N4O2/c1-32(18-26-23-9-5-6-10-24(23)30-31-26)28(34)21-13-11-19(12-14-21)17-22-15-16-25(29-22)27(33)20-7-3-2-4-8-20/h2-14,22,25,27,29,33H,15-18H2,1H3,(H,30,31)/t22-,25+,27+/m0/s1. The summed E-state index contributed by atoms with van der Waals surface area (Å²) in [6.07, 6.45) is 2.36. The van der Waals surface area contributed by atoms with Crippen LogP contribution in [-0.2, 0) is 13.0 Å². The molecule has 0 saturated carbocycles. The van der Waals surface area contributed by atoms with Gasteiger partial charge in [-0.25, -0.2) is 0 Å². The third kappa shape index (κ3) is 4.74. The van der Waals surface area contributed by atoms with Gasteiger partial charge < -0.3 is 15.3 Å². The van der Waals surface area contributed by atoms with Gasteiger partial charge in [-0.2, -0.15) is 5.10 Å². The van der Waals surface area contributed by atoms with Gasteiger partial charge >= 0.3 is 0 Å². The Kier molecular flexibility index (Phi) is 6.43. The molecule has 1 saturated heterocycles. The molecule has 174 valence electrons. The molecular weight excluding hydrogens is 424 g/mol. The predicted octanol–water partition coefficient (Wildman–Crippen LogP) is 4.23. The van der Waals surface area contributed by atoms with Crippen molar-refractivity contribution < 1.29 is 9.90 Å². The number of aliphatic hydroxyl groups excluding tert-OH is 1. The SMILES string of the molecule is CN(Cc1[nH]nc2ccccc12)C(=O)c1ccc(C[C@@H]2CC[C@H]([C@H](O)c3ccccc3)N2)cc1. The Hall–Kier alpha value is -3.48. The van der Waals surface area contributed by atoms with E-state index in [9.17, 15) is 9.90 Å². The molecule has 0 unspecified atom stereocenters. The average molecular weight is 455 g/mol. The second-order valence-corrected chi connectivity index (χ2v) is 9.18. The Labute approximate surface area is 199 Å². The van der Waals surface area contributed by atoms with Crippen LogP contribution in [-0.4, -0.2) is 45.2 Å². The molecule has 1 aliphatic rings. The van der Waals surface area contributed by atoms with Gasteiger partial charge in [-0.3, -0.25) is 9.89 Å². The normalized spacial score (nSPS) is 18.8. The monoisotopic (exact) mass is 454 g/mol. The van der Waals surface area contributed by atoms with Gasteiger partial charge in [-0.15, -0.1) is 0 Å². The van der Waals surface area contributed by atoms with Gasteiger partial charge in [0.2, 0.25) is 0 Å². The number of fused-ring (bicyclic) bond motifs is 1. The molecule has 3 N–H and O–H groups in total. The topological polar surface area (TPSA) is 81.2 Å². The fourth-order valence-corrected chi connectivity index (χ4v) is 4.87. The number of aromatic amines is 1. The van der Waals surface area contributed by atoms with Crippen molar-refractivity contribution in [3.8, 4) is 0 Å². The van der Waals surface area contributed by atoms with Crippen LogP contribution >= 0.6 is 0 Å². The number of aromatic nitrogens is 2. The van der Waals surface area contributed by atoms with Crippen molar-refractivity contribution in [2.45, 2.75) is 44.0 Å². The quantitative estimate of drug-likeness (QED) is 0.390. The molecule has 1 amide bonds. The van der Waals surface area contributed by atoms with Crippen molar-refractivity contribution in [2.24, 2.45) is 0 Å². The number of carbonyl (C=O) groups is 1. The number of benzene rings is 3. The summed E-state index contributed by atoms with van der Waals surface area (Å²) in [5, 5.41) is 22.7. The zero-order chi connectivity index (χ0) is 23.5. The first-order chi connectivity index (χ1) is 16.6. The van der Waals surface area contributed by atoms with Gasteiger partial charge in [0.15, 0.2) is 0 Å². The summed E-state index contributed by atoms with van der Waals surface area (Å²) < 4.78 is 0. The summed E-state index contributed by atoms with van der Waals surface area (Å²) in [7, 11) is 1.81. The Bertz CT molecular complexity index is 1250. The van der Waals surface area contributed by atoms with Gasteiger partial charge in [0, 0.05) is 30.1 Å². The van der Waals surface area contributed by atoms with Crippen LogP contribution in [0, 0.1) is 0 Å². The Morgan fingerprint density at radius 2 is 1.76 bits per heavy atom. The number of para-hydroxylation sites is 1. The molecule has 34 heavy (non-hydrogen) atoms. The fourth-order valence-electron chi connectivity index (χ4n) is 4.87. The predicted molar refractivity (Wildman–Crippen MR) is 133 cm³/mol. The largest absolute Gasteiger partial charge is 0.387 e. The molecule has 0 aliphatic carbocycles. The smallest absolute Gasteiger partial charge is 0.253 e. The highest BCUT2D eigenvalue weighted by molar-refractivity contribution is 5.94. The minimum absolute atomic E-state index is 0.0183. The van der Waals surface area contributed by atoms with Gasteiger partial charge in [0.1, 0.15) is 0 Å². The second-order valence-electron chi connectivity index (χ2n) is 9.18. The van der Waals surface area contributed by atoms with E-state index in [-0.39, 0.29) is 11.9 Å². The van der Waals surface area contributed by atoms with E-state index >= 15 is 0 Å². The van der Waals surface area contributed by atoms with Crippen molar-refractivity contribution in [1.82, 2.24) is 20.4 Å². The lowest BCUT2D eigenvalue weighted by Crippen LogP contribution is -2.35. The first-order valence-corrected chi connectivity index (χ1v) is 11.8. The first kappa shape index (κ1) is 22.3. The average Bonchev–Trinajstić information content (AvgIpc) is 3.51. The summed E-state index contributed by atoms with van der Waals surface area (Å²) in [6.45, 7) is 0.470. The Morgan fingerprint density at radius 3 is 2.56 bits per heavy atom. The Balaban J connectivity index is 1.17. The molecule has 1 fully saturated rings. The van der Waals surface area contributed by atoms with E-state index in [4.69, 9.17) is 0 Å². The maximum Gasteiger partial charge on any atom is 0.253 e. The Morgan fingerprint density at radius 1 is 1.03 bits per heavy atom. The molecule has 6 nitrogen and oxygen atoms in total. The molecular formula is C28H30N4O2. The van der Waals surface area contributed by atoms with Crippen LogP contribution in [0.25, 0.3) is 10.9 Å². The highest BCUT2D eigenvalue weighted by Gasteiger charge is 2.29.